The van der Waals surface area contributed by atoms with Gasteiger partial charge in [0.1, 0.15) is 5.54 Å². The predicted molar refractivity (Wildman–Crippen MR) is 83.9 cm³/mol. The number of carbonyl (C=O) groups excluding carboxylic acids is 2. The van der Waals surface area contributed by atoms with Crippen molar-refractivity contribution in [3.8, 4) is 0 Å². The summed E-state index contributed by atoms with van der Waals surface area (Å²) in [7, 11) is 0. The molecule has 3 N–H and O–H groups in total. The first-order valence-electron chi connectivity index (χ1n) is 8.03. The fourth-order valence-corrected chi connectivity index (χ4v) is 3.66. The summed E-state index contributed by atoms with van der Waals surface area (Å²) < 4.78 is 0. The first-order chi connectivity index (χ1) is 10.6. The van der Waals surface area contributed by atoms with Crippen LogP contribution in [0.5, 0.6) is 0 Å². The Bertz CT molecular complexity index is 544. The summed E-state index contributed by atoms with van der Waals surface area (Å²) in [6, 6.07) is 9.96. The van der Waals surface area contributed by atoms with Gasteiger partial charge in [0.2, 0.25) is 11.8 Å². The maximum absolute atomic E-state index is 13.1. The van der Waals surface area contributed by atoms with E-state index in [0.29, 0.717) is 25.9 Å². The van der Waals surface area contributed by atoms with Crippen LogP contribution in [0.1, 0.15) is 31.2 Å². The van der Waals surface area contributed by atoms with Crippen molar-refractivity contribution in [3.05, 3.63) is 35.9 Å². The third-order valence-electron chi connectivity index (χ3n) is 4.97. The van der Waals surface area contributed by atoms with E-state index in [9.17, 15) is 9.59 Å². The lowest BCUT2D eigenvalue weighted by molar-refractivity contribution is -0.141. The fraction of sp³-hybridized carbons (Fsp3) is 0.529. The Labute approximate surface area is 130 Å². The van der Waals surface area contributed by atoms with E-state index in [1.807, 2.05) is 35.2 Å². The van der Waals surface area contributed by atoms with E-state index < -0.39 is 5.54 Å². The van der Waals surface area contributed by atoms with Gasteiger partial charge in [0.05, 0.1) is 0 Å². The highest BCUT2D eigenvalue weighted by molar-refractivity contribution is 5.88. The zero-order valence-electron chi connectivity index (χ0n) is 12.8. The van der Waals surface area contributed by atoms with Crippen LogP contribution in [0.15, 0.2) is 30.3 Å². The number of nitrogens with two attached hydrogens (primary N) is 1. The molecule has 2 heterocycles. The molecule has 22 heavy (non-hydrogen) atoms. The van der Waals surface area contributed by atoms with Crippen LogP contribution in [-0.2, 0) is 15.1 Å². The number of hydrogen-bond acceptors (Lipinski definition) is 3. The molecule has 1 aromatic rings. The van der Waals surface area contributed by atoms with Crippen LogP contribution in [0.4, 0.5) is 0 Å². The van der Waals surface area contributed by atoms with Gasteiger partial charge in [0.15, 0.2) is 0 Å². The lowest BCUT2D eigenvalue weighted by atomic mass is 9.85. The van der Waals surface area contributed by atoms with Crippen molar-refractivity contribution in [3.63, 3.8) is 0 Å². The van der Waals surface area contributed by atoms with Gasteiger partial charge in [-0.15, -0.1) is 0 Å². The van der Waals surface area contributed by atoms with E-state index in [-0.39, 0.29) is 17.7 Å². The van der Waals surface area contributed by atoms with Gasteiger partial charge >= 0.3 is 0 Å². The van der Waals surface area contributed by atoms with Crippen molar-refractivity contribution in [2.45, 2.75) is 31.2 Å². The quantitative estimate of drug-likeness (QED) is 0.874. The number of likely N-dealkylation sites (tertiary alicyclic amines) is 1. The second-order valence-electron chi connectivity index (χ2n) is 6.27. The number of hydrogen-bond donors (Lipinski definition) is 2. The lowest BCUT2D eigenvalue weighted by Gasteiger charge is -2.38. The zero-order valence-corrected chi connectivity index (χ0v) is 12.8. The summed E-state index contributed by atoms with van der Waals surface area (Å²) in [4.78, 5) is 26.3. The summed E-state index contributed by atoms with van der Waals surface area (Å²) in [6.07, 6.45) is 3.17. The second-order valence-corrected chi connectivity index (χ2v) is 6.27. The molecule has 2 fully saturated rings. The van der Waals surface area contributed by atoms with Gasteiger partial charge in [-0.1, -0.05) is 30.3 Å². The second kappa shape index (κ2) is 6.08. The summed E-state index contributed by atoms with van der Waals surface area (Å²) in [5.74, 6) is -0.198. The molecule has 2 amide bonds. The maximum atomic E-state index is 13.1. The summed E-state index contributed by atoms with van der Waals surface area (Å²) in [5.41, 5.74) is 5.81. The Kier molecular flexibility index (Phi) is 4.16. The molecule has 0 aliphatic carbocycles. The van der Waals surface area contributed by atoms with Crippen LogP contribution >= 0.6 is 0 Å². The van der Waals surface area contributed by atoms with Gasteiger partial charge in [0.25, 0.3) is 0 Å². The fourth-order valence-electron chi connectivity index (χ4n) is 3.66. The van der Waals surface area contributed by atoms with E-state index in [1.165, 1.54) is 0 Å². The van der Waals surface area contributed by atoms with Crippen molar-refractivity contribution in [2.24, 2.45) is 11.7 Å². The van der Waals surface area contributed by atoms with Gasteiger partial charge in [-0.3, -0.25) is 14.9 Å². The number of amides is 2. The highest BCUT2D eigenvalue weighted by atomic mass is 16.2. The van der Waals surface area contributed by atoms with E-state index in [0.717, 1.165) is 24.9 Å². The molecular formula is C17H23N3O2. The molecule has 2 saturated heterocycles. The summed E-state index contributed by atoms with van der Waals surface area (Å²) in [5, 5.41) is 3.43. The molecule has 0 spiro atoms. The average molecular weight is 301 g/mol. The van der Waals surface area contributed by atoms with Crippen LogP contribution in [0.25, 0.3) is 0 Å². The standard InChI is InChI=1S/C17H23N3O2/c18-15(21)13-7-11-20(12-8-13)16(22)17(9-4-10-19-17)14-5-2-1-3-6-14/h1-3,5-6,13,19H,4,7-12H2,(H2,18,21). The monoisotopic (exact) mass is 301 g/mol. The minimum absolute atomic E-state index is 0.0896. The van der Waals surface area contributed by atoms with E-state index in [2.05, 4.69) is 5.32 Å². The van der Waals surface area contributed by atoms with Crippen molar-refractivity contribution >= 4 is 11.8 Å². The van der Waals surface area contributed by atoms with E-state index in [4.69, 9.17) is 5.73 Å². The molecule has 2 aliphatic heterocycles. The highest BCUT2D eigenvalue weighted by Crippen LogP contribution is 2.34. The number of carbonyl (C=O) groups is 2. The first kappa shape index (κ1) is 15.0. The van der Waals surface area contributed by atoms with Gasteiger partial charge in [-0.25, -0.2) is 0 Å². The van der Waals surface area contributed by atoms with Crippen LogP contribution in [0, 0.1) is 5.92 Å². The molecule has 1 aromatic carbocycles. The minimum atomic E-state index is -0.596. The molecule has 0 radical (unpaired) electrons. The molecule has 118 valence electrons. The highest BCUT2D eigenvalue weighted by Gasteiger charge is 2.45. The SMILES string of the molecule is NC(=O)C1CCN(C(=O)C2(c3ccccc3)CCCN2)CC1. The normalized spacial score (nSPS) is 26.1. The van der Waals surface area contributed by atoms with Gasteiger partial charge < -0.3 is 10.6 Å². The molecule has 1 unspecified atom stereocenters. The van der Waals surface area contributed by atoms with Gasteiger partial charge in [-0.05, 0) is 37.8 Å². The Morgan fingerprint density at radius 3 is 2.41 bits per heavy atom. The summed E-state index contributed by atoms with van der Waals surface area (Å²) >= 11 is 0. The zero-order chi connectivity index (χ0) is 15.6. The predicted octanol–water partition coefficient (Wildman–Crippen LogP) is 0.989. The third kappa shape index (κ3) is 2.61. The van der Waals surface area contributed by atoms with Crippen molar-refractivity contribution in [1.82, 2.24) is 10.2 Å². The Hall–Kier alpha value is -1.88. The van der Waals surface area contributed by atoms with Crippen molar-refractivity contribution in [2.75, 3.05) is 19.6 Å². The third-order valence-corrected chi connectivity index (χ3v) is 4.97. The number of nitrogens with one attached hydrogen (secondary N) is 1. The van der Waals surface area contributed by atoms with E-state index in [1.54, 1.807) is 0 Å². The Morgan fingerprint density at radius 1 is 1.18 bits per heavy atom. The Morgan fingerprint density at radius 2 is 1.86 bits per heavy atom. The smallest absolute Gasteiger partial charge is 0.247 e. The number of rotatable bonds is 3. The van der Waals surface area contributed by atoms with Crippen molar-refractivity contribution in [1.29, 1.82) is 0 Å². The van der Waals surface area contributed by atoms with Gasteiger partial charge in [-0.2, -0.15) is 0 Å². The Balaban J connectivity index is 1.79. The van der Waals surface area contributed by atoms with Crippen LogP contribution in [-0.4, -0.2) is 36.3 Å². The number of piperidine rings is 1. The first-order valence-corrected chi connectivity index (χ1v) is 8.03. The molecule has 1 atom stereocenters. The number of benzene rings is 1. The molecular weight excluding hydrogens is 278 g/mol. The lowest BCUT2D eigenvalue weighted by Crippen LogP contribution is -2.54. The van der Waals surface area contributed by atoms with Crippen LogP contribution in [0.3, 0.4) is 0 Å². The van der Waals surface area contributed by atoms with Gasteiger partial charge in [0, 0.05) is 19.0 Å². The van der Waals surface area contributed by atoms with Crippen LogP contribution in [0.2, 0.25) is 0 Å². The minimum Gasteiger partial charge on any atom is -0.369 e. The maximum Gasteiger partial charge on any atom is 0.247 e. The molecule has 5 nitrogen and oxygen atoms in total. The van der Waals surface area contributed by atoms with E-state index >= 15 is 0 Å². The van der Waals surface area contributed by atoms with Crippen LogP contribution < -0.4 is 11.1 Å². The number of nitrogens with zero attached hydrogens (tertiary/aromatic N) is 1. The molecule has 5 heteroatoms. The number of primary amides is 1. The summed E-state index contributed by atoms with van der Waals surface area (Å²) in [6.45, 7) is 2.09. The van der Waals surface area contributed by atoms with Crippen molar-refractivity contribution < 1.29 is 9.59 Å². The molecule has 0 bridgehead atoms. The average Bonchev–Trinajstić information content (AvgIpc) is 3.06. The largest absolute Gasteiger partial charge is 0.369 e. The molecule has 3 rings (SSSR count). The molecule has 2 aliphatic rings. The topological polar surface area (TPSA) is 75.4 Å². The molecule has 0 saturated carbocycles. The molecule has 0 aromatic heterocycles.